The number of carbonyl (C=O) groups is 1. The van der Waals surface area contributed by atoms with Gasteiger partial charge in [-0.3, -0.25) is 4.79 Å². The van der Waals surface area contributed by atoms with E-state index in [-0.39, 0.29) is 32.6 Å². The zero-order valence-corrected chi connectivity index (χ0v) is 23.4. The molecule has 190 valence electrons. The maximum atomic E-state index is 10.0. The maximum Gasteiger partial charge on any atom is 0.155 e. The monoisotopic (exact) mass is 675 g/mol. The van der Waals surface area contributed by atoms with Crippen molar-refractivity contribution in [2.45, 2.75) is 13.8 Å². The SMILES string of the molecule is CC(=O)/C=C(/C)O.[Pt].[c-]1cc(-c2c3ccccc3cc3ccccc23)c2ccccc2c1-c1ccccn1. The van der Waals surface area contributed by atoms with Gasteiger partial charge in [-0.1, -0.05) is 101 Å². The first kappa shape index (κ1) is 27.0. The molecule has 0 saturated heterocycles. The van der Waals surface area contributed by atoms with Crippen LogP contribution < -0.4 is 0 Å². The van der Waals surface area contributed by atoms with E-state index in [0.717, 1.165) is 11.3 Å². The fraction of sp³-hybridized carbons (Fsp3) is 0.0588. The summed E-state index contributed by atoms with van der Waals surface area (Å²) in [6.45, 7) is 2.85. The van der Waals surface area contributed by atoms with Crippen molar-refractivity contribution < 1.29 is 31.0 Å². The molecule has 38 heavy (non-hydrogen) atoms. The van der Waals surface area contributed by atoms with Crippen molar-refractivity contribution in [3.05, 3.63) is 127 Å². The van der Waals surface area contributed by atoms with Gasteiger partial charge in [0.25, 0.3) is 0 Å². The molecule has 5 aromatic carbocycles. The molecule has 0 saturated carbocycles. The van der Waals surface area contributed by atoms with Gasteiger partial charge in [-0.05, 0) is 58.8 Å². The van der Waals surface area contributed by atoms with Gasteiger partial charge >= 0.3 is 0 Å². The van der Waals surface area contributed by atoms with Gasteiger partial charge < -0.3 is 10.1 Å². The summed E-state index contributed by atoms with van der Waals surface area (Å²) >= 11 is 0. The Balaban J connectivity index is 0.000000375. The standard InChI is InChI=1S/C29H18N.C5H8O2.Pt/c1-3-11-22-20(9-1)19-21-10-2-4-12-23(21)29(22)27-17-16-26(28-15-7-8-18-30-28)24-13-5-6-14-25(24)27;1-4(6)3-5(2)7;/h1-15,17-19H;3,6H,1-2H3;/q-1;;/b;4-3-;. The number of aliphatic hydroxyl groups excluding tert-OH is 1. The van der Waals surface area contributed by atoms with Crippen molar-refractivity contribution in [2.24, 2.45) is 0 Å². The van der Waals surface area contributed by atoms with Crippen LogP contribution in [0.1, 0.15) is 13.8 Å². The summed E-state index contributed by atoms with van der Waals surface area (Å²) in [5, 5.41) is 15.8. The molecule has 0 radical (unpaired) electrons. The van der Waals surface area contributed by atoms with Crippen LogP contribution in [0.25, 0.3) is 54.7 Å². The summed E-state index contributed by atoms with van der Waals surface area (Å²) in [4.78, 5) is 14.6. The topological polar surface area (TPSA) is 50.2 Å². The third-order valence-corrected chi connectivity index (χ3v) is 6.22. The molecule has 0 aliphatic heterocycles. The molecule has 0 unspecified atom stereocenters. The molecule has 3 nitrogen and oxygen atoms in total. The van der Waals surface area contributed by atoms with E-state index < -0.39 is 0 Å². The average Bonchev–Trinajstić information content (AvgIpc) is 2.91. The Morgan fingerprint density at radius 1 is 0.763 bits per heavy atom. The van der Waals surface area contributed by atoms with Gasteiger partial charge in [-0.15, -0.1) is 17.7 Å². The molecule has 6 aromatic rings. The number of nitrogens with zero attached hydrogens (tertiary/aromatic N) is 1. The van der Waals surface area contributed by atoms with Crippen LogP contribution in [0.2, 0.25) is 0 Å². The molecule has 1 N–H and O–H groups in total. The van der Waals surface area contributed by atoms with Crippen molar-refractivity contribution in [2.75, 3.05) is 0 Å². The van der Waals surface area contributed by atoms with Crippen LogP contribution in [0.5, 0.6) is 0 Å². The van der Waals surface area contributed by atoms with E-state index in [1.54, 1.807) is 0 Å². The summed E-state index contributed by atoms with van der Waals surface area (Å²) in [5.74, 6) is -0.0625. The van der Waals surface area contributed by atoms with Gasteiger partial charge in [0.1, 0.15) is 0 Å². The molecule has 6 rings (SSSR count). The van der Waals surface area contributed by atoms with E-state index in [1.807, 2.05) is 24.4 Å². The number of pyridine rings is 1. The third-order valence-electron chi connectivity index (χ3n) is 6.22. The Kier molecular flexibility index (Phi) is 8.51. The van der Waals surface area contributed by atoms with E-state index in [2.05, 4.69) is 96.0 Å². The van der Waals surface area contributed by atoms with Crippen molar-refractivity contribution in [1.82, 2.24) is 4.98 Å². The zero-order chi connectivity index (χ0) is 25.8. The predicted octanol–water partition coefficient (Wildman–Crippen LogP) is 8.71. The number of rotatable bonds is 3. The molecular formula is C34H26NO2Pt-. The number of hydrogen-bond acceptors (Lipinski definition) is 3. The van der Waals surface area contributed by atoms with Crippen LogP contribution in [0.3, 0.4) is 0 Å². The van der Waals surface area contributed by atoms with Crippen LogP contribution in [0.4, 0.5) is 0 Å². The number of ketones is 1. The van der Waals surface area contributed by atoms with Crippen molar-refractivity contribution in [1.29, 1.82) is 0 Å². The molecule has 0 bridgehead atoms. The smallest absolute Gasteiger partial charge is 0.155 e. The number of hydrogen-bond donors (Lipinski definition) is 1. The summed E-state index contributed by atoms with van der Waals surface area (Å²) in [7, 11) is 0. The Morgan fingerprint density at radius 3 is 1.84 bits per heavy atom. The van der Waals surface area contributed by atoms with E-state index in [4.69, 9.17) is 5.11 Å². The first-order valence-electron chi connectivity index (χ1n) is 12.2. The van der Waals surface area contributed by atoms with Gasteiger partial charge in [0.05, 0.1) is 5.76 Å². The largest absolute Gasteiger partial charge is 0.512 e. The molecule has 4 heteroatoms. The molecule has 0 spiro atoms. The summed E-state index contributed by atoms with van der Waals surface area (Å²) in [6, 6.07) is 39.9. The molecule has 0 atom stereocenters. The second-order valence-corrected chi connectivity index (χ2v) is 8.93. The number of fused-ring (bicyclic) bond motifs is 3. The summed E-state index contributed by atoms with van der Waals surface area (Å²) < 4.78 is 0. The van der Waals surface area contributed by atoms with Crippen molar-refractivity contribution in [3.8, 4) is 22.4 Å². The number of allylic oxidation sites excluding steroid dienone is 2. The van der Waals surface area contributed by atoms with E-state index in [1.165, 1.54) is 63.4 Å². The summed E-state index contributed by atoms with van der Waals surface area (Å²) in [6.07, 6.45) is 3.00. The Bertz CT molecular complexity index is 1720. The maximum absolute atomic E-state index is 10.0. The fourth-order valence-corrected chi connectivity index (χ4v) is 4.76. The van der Waals surface area contributed by atoms with Gasteiger partial charge in [-0.2, -0.15) is 0 Å². The van der Waals surface area contributed by atoms with Crippen LogP contribution in [0, 0.1) is 6.07 Å². The Morgan fingerprint density at radius 2 is 1.32 bits per heavy atom. The molecule has 1 aromatic heterocycles. The first-order chi connectivity index (χ1) is 18.0. The van der Waals surface area contributed by atoms with Gasteiger partial charge in [0.15, 0.2) is 5.78 Å². The Hall–Kier alpha value is -4.07. The van der Waals surface area contributed by atoms with Gasteiger partial charge in [0, 0.05) is 33.3 Å². The molecular weight excluding hydrogens is 649 g/mol. The number of carbonyl (C=O) groups excluding carboxylic acids is 1. The minimum absolute atomic E-state index is 0. The zero-order valence-electron chi connectivity index (χ0n) is 21.1. The molecule has 0 aliphatic carbocycles. The van der Waals surface area contributed by atoms with Crippen LogP contribution in [-0.2, 0) is 25.9 Å². The minimum Gasteiger partial charge on any atom is -0.512 e. The van der Waals surface area contributed by atoms with E-state index in [9.17, 15) is 4.79 Å². The fourth-order valence-electron chi connectivity index (χ4n) is 4.76. The number of aromatic nitrogens is 1. The van der Waals surface area contributed by atoms with Crippen LogP contribution in [-0.4, -0.2) is 15.9 Å². The second kappa shape index (κ2) is 12.0. The number of aliphatic hydroxyl groups is 1. The Labute approximate surface area is 236 Å². The third kappa shape index (κ3) is 5.59. The molecule has 0 amide bonds. The minimum atomic E-state index is -0.125. The predicted molar refractivity (Wildman–Crippen MR) is 154 cm³/mol. The molecule has 1 heterocycles. The normalized spacial score (nSPS) is 11.1. The van der Waals surface area contributed by atoms with E-state index in [0.29, 0.717) is 0 Å². The quantitative estimate of drug-likeness (QED) is 0.0884. The second-order valence-electron chi connectivity index (χ2n) is 8.93. The molecule has 0 aliphatic rings. The first-order valence-corrected chi connectivity index (χ1v) is 12.2. The van der Waals surface area contributed by atoms with Crippen molar-refractivity contribution in [3.63, 3.8) is 0 Å². The number of benzene rings is 5. The van der Waals surface area contributed by atoms with Crippen molar-refractivity contribution >= 4 is 38.1 Å². The molecule has 0 fully saturated rings. The van der Waals surface area contributed by atoms with Crippen LogP contribution >= 0.6 is 0 Å². The van der Waals surface area contributed by atoms with Gasteiger partial charge in [0.2, 0.25) is 0 Å². The van der Waals surface area contributed by atoms with Gasteiger partial charge in [-0.25, -0.2) is 0 Å². The van der Waals surface area contributed by atoms with E-state index >= 15 is 0 Å². The van der Waals surface area contributed by atoms with Crippen LogP contribution in [0.15, 0.2) is 121 Å². The average molecular weight is 676 g/mol. The summed E-state index contributed by atoms with van der Waals surface area (Å²) in [5.41, 5.74) is 4.46.